The molecule has 5 nitrogen and oxygen atoms in total. The molecule has 1 aromatic heterocycles. The Kier molecular flexibility index (Phi) is 5.08. The van der Waals surface area contributed by atoms with E-state index in [4.69, 9.17) is 0 Å². The van der Waals surface area contributed by atoms with Crippen LogP contribution in [0.15, 0.2) is 40.3 Å². The first-order valence-electron chi connectivity index (χ1n) is 8.00. The summed E-state index contributed by atoms with van der Waals surface area (Å²) in [6.45, 7) is 1.90. The number of fused-ring (bicyclic) bond motifs is 1. The third kappa shape index (κ3) is 3.92. The number of carbonyl (C=O) groups excluding carboxylic acids is 1. The molecule has 9 heteroatoms. The summed E-state index contributed by atoms with van der Waals surface area (Å²) in [5.74, 6) is 0.0695. The number of amides is 1. The van der Waals surface area contributed by atoms with Crippen molar-refractivity contribution in [1.82, 2.24) is 9.55 Å². The summed E-state index contributed by atoms with van der Waals surface area (Å²) in [6.07, 6.45) is -3.84. The maximum absolute atomic E-state index is 12.7. The van der Waals surface area contributed by atoms with Gasteiger partial charge in [-0.2, -0.15) is 13.2 Å². The van der Waals surface area contributed by atoms with E-state index in [0.29, 0.717) is 23.0 Å². The van der Waals surface area contributed by atoms with E-state index < -0.39 is 17.6 Å². The maximum atomic E-state index is 12.7. The minimum atomic E-state index is -4.47. The molecule has 1 aromatic carbocycles. The van der Waals surface area contributed by atoms with Gasteiger partial charge in [0, 0.05) is 29.6 Å². The van der Waals surface area contributed by atoms with Gasteiger partial charge in [-0.15, -0.1) is 0 Å². The van der Waals surface area contributed by atoms with Crippen molar-refractivity contribution in [2.45, 2.75) is 37.1 Å². The highest BCUT2D eigenvalue weighted by atomic mass is 32.2. The molecule has 1 N–H and O–H groups in total. The van der Waals surface area contributed by atoms with Crippen molar-refractivity contribution in [2.75, 3.05) is 11.1 Å². The predicted octanol–water partition coefficient (Wildman–Crippen LogP) is 3.50. The molecule has 0 fully saturated rings. The molecule has 0 saturated carbocycles. The Morgan fingerprint density at radius 3 is 2.85 bits per heavy atom. The Labute approximate surface area is 151 Å². The molecule has 0 saturated heterocycles. The zero-order valence-electron chi connectivity index (χ0n) is 13.8. The largest absolute Gasteiger partial charge is 0.416 e. The van der Waals surface area contributed by atoms with E-state index in [2.05, 4.69) is 10.3 Å². The quantitative estimate of drug-likeness (QED) is 0.821. The van der Waals surface area contributed by atoms with Crippen molar-refractivity contribution in [3.05, 3.63) is 51.9 Å². The molecule has 2 aromatic rings. The number of aryl methyl sites for hydroxylation is 1. The van der Waals surface area contributed by atoms with Crippen LogP contribution in [0.4, 0.5) is 18.9 Å². The molecule has 2 heterocycles. The molecular formula is C17H16F3N3O2S. The number of anilines is 1. The third-order valence-corrected chi connectivity index (χ3v) is 5.10. The highest BCUT2D eigenvalue weighted by molar-refractivity contribution is 7.99. The van der Waals surface area contributed by atoms with Gasteiger partial charge in [-0.3, -0.25) is 14.2 Å². The minimum Gasteiger partial charge on any atom is -0.326 e. The second kappa shape index (κ2) is 7.14. The third-order valence-electron chi connectivity index (χ3n) is 4.00. The number of benzene rings is 1. The van der Waals surface area contributed by atoms with Gasteiger partial charge < -0.3 is 5.32 Å². The summed E-state index contributed by atoms with van der Waals surface area (Å²) >= 11 is 1.40. The van der Waals surface area contributed by atoms with Crippen LogP contribution in [0.1, 0.15) is 30.6 Å². The van der Waals surface area contributed by atoms with Crippen LogP contribution in [0.5, 0.6) is 0 Å². The van der Waals surface area contributed by atoms with E-state index in [1.165, 1.54) is 34.5 Å². The summed E-state index contributed by atoms with van der Waals surface area (Å²) in [5.41, 5.74) is -0.274. The summed E-state index contributed by atoms with van der Waals surface area (Å²) < 4.78 is 39.7. The fourth-order valence-electron chi connectivity index (χ4n) is 2.73. The number of halogens is 3. The SMILES string of the molecule is CCc1cc(=O)n2c(n1)SCC2CC(=O)Nc1cccc(C(F)(F)F)c1. The number of thioether (sulfide) groups is 1. The Hall–Kier alpha value is -2.29. The molecule has 138 valence electrons. The first-order valence-corrected chi connectivity index (χ1v) is 8.99. The first-order chi connectivity index (χ1) is 12.3. The van der Waals surface area contributed by atoms with Gasteiger partial charge in [0.2, 0.25) is 5.91 Å². The average Bonchev–Trinajstić information content (AvgIpc) is 2.97. The molecule has 0 spiro atoms. The van der Waals surface area contributed by atoms with Crippen LogP contribution in [0.25, 0.3) is 0 Å². The van der Waals surface area contributed by atoms with E-state index in [-0.39, 0.29) is 23.7 Å². The van der Waals surface area contributed by atoms with Gasteiger partial charge in [0.05, 0.1) is 11.6 Å². The monoisotopic (exact) mass is 383 g/mol. The number of aromatic nitrogens is 2. The normalized spacial score (nSPS) is 16.4. The van der Waals surface area contributed by atoms with Gasteiger partial charge >= 0.3 is 6.18 Å². The topological polar surface area (TPSA) is 64.0 Å². The van der Waals surface area contributed by atoms with Gasteiger partial charge in [-0.25, -0.2) is 4.98 Å². The Balaban J connectivity index is 1.72. The number of nitrogens with one attached hydrogen (secondary N) is 1. The van der Waals surface area contributed by atoms with Crippen LogP contribution >= 0.6 is 11.8 Å². The van der Waals surface area contributed by atoms with Crippen LogP contribution in [0.3, 0.4) is 0 Å². The molecule has 1 aliphatic rings. The molecule has 1 aliphatic heterocycles. The van der Waals surface area contributed by atoms with Crippen LogP contribution in [0.2, 0.25) is 0 Å². The van der Waals surface area contributed by atoms with Crippen molar-refractivity contribution in [3.8, 4) is 0 Å². The standard InChI is InChI=1S/C17H16F3N3O2S/c1-2-11-7-15(25)23-13(9-26-16(23)22-11)8-14(24)21-12-5-3-4-10(6-12)17(18,19)20/h3-7,13H,2,8-9H2,1H3,(H,21,24). The molecule has 0 bridgehead atoms. The van der Waals surface area contributed by atoms with Gasteiger partial charge in [0.1, 0.15) is 0 Å². The number of hydrogen-bond acceptors (Lipinski definition) is 4. The highest BCUT2D eigenvalue weighted by Gasteiger charge is 2.31. The summed E-state index contributed by atoms with van der Waals surface area (Å²) in [7, 11) is 0. The average molecular weight is 383 g/mol. The van der Waals surface area contributed by atoms with Crippen molar-refractivity contribution in [3.63, 3.8) is 0 Å². The van der Waals surface area contributed by atoms with Crippen molar-refractivity contribution < 1.29 is 18.0 Å². The van der Waals surface area contributed by atoms with Gasteiger partial charge in [-0.1, -0.05) is 24.8 Å². The molecule has 26 heavy (non-hydrogen) atoms. The van der Waals surface area contributed by atoms with Crippen LogP contribution < -0.4 is 10.9 Å². The smallest absolute Gasteiger partial charge is 0.326 e. The summed E-state index contributed by atoms with van der Waals surface area (Å²) in [6, 6.07) is 5.54. The molecule has 0 aliphatic carbocycles. The summed E-state index contributed by atoms with van der Waals surface area (Å²) in [4.78, 5) is 28.9. The molecular weight excluding hydrogens is 367 g/mol. The Bertz CT molecular complexity index is 896. The van der Waals surface area contributed by atoms with E-state index >= 15 is 0 Å². The van der Waals surface area contributed by atoms with E-state index in [0.717, 1.165) is 12.1 Å². The van der Waals surface area contributed by atoms with E-state index in [1.807, 2.05) is 6.92 Å². The molecule has 1 unspecified atom stereocenters. The lowest BCUT2D eigenvalue weighted by Gasteiger charge is -2.14. The van der Waals surface area contributed by atoms with Crippen LogP contribution in [-0.4, -0.2) is 21.2 Å². The maximum Gasteiger partial charge on any atom is 0.416 e. The van der Waals surface area contributed by atoms with Crippen LogP contribution in [0, 0.1) is 0 Å². The number of carbonyl (C=O) groups is 1. The lowest BCUT2D eigenvalue weighted by atomic mass is 10.1. The lowest BCUT2D eigenvalue weighted by molar-refractivity contribution is -0.137. The second-order valence-corrected chi connectivity index (χ2v) is 6.87. The fraction of sp³-hybridized carbons (Fsp3) is 0.353. The van der Waals surface area contributed by atoms with E-state index in [9.17, 15) is 22.8 Å². The second-order valence-electron chi connectivity index (χ2n) is 5.89. The highest BCUT2D eigenvalue weighted by Crippen LogP contribution is 2.33. The van der Waals surface area contributed by atoms with E-state index in [1.54, 1.807) is 0 Å². The first kappa shape index (κ1) is 18.5. The zero-order chi connectivity index (χ0) is 18.9. The molecule has 0 radical (unpaired) electrons. The number of nitrogens with zero attached hydrogens (tertiary/aromatic N) is 2. The molecule has 3 rings (SSSR count). The fourth-order valence-corrected chi connectivity index (χ4v) is 3.90. The van der Waals surface area contributed by atoms with Crippen LogP contribution in [-0.2, 0) is 17.4 Å². The summed E-state index contributed by atoms with van der Waals surface area (Å²) in [5, 5.41) is 3.05. The van der Waals surface area contributed by atoms with Crippen molar-refractivity contribution in [1.29, 1.82) is 0 Å². The van der Waals surface area contributed by atoms with Crippen molar-refractivity contribution in [2.24, 2.45) is 0 Å². The Morgan fingerprint density at radius 2 is 2.15 bits per heavy atom. The van der Waals surface area contributed by atoms with Gasteiger partial charge in [-0.05, 0) is 24.6 Å². The van der Waals surface area contributed by atoms with Gasteiger partial charge in [0.25, 0.3) is 5.56 Å². The van der Waals surface area contributed by atoms with Crippen molar-refractivity contribution >= 4 is 23.4 Å². The number of hydrogen-bond donors (Lipinski definition) is 1. The molecule has 1 atom stereocenters. The molecule has 1 amide bonds. The minimum absolute atomic E-state index is 0.0106. The lowest BCUT2D eigenvalue weighted by Crippen LogP contribution is -2.27. The Morgan fingerprint density at radius 1 is 1.38 bits per heavy atom. The van der Waals surface area contributed by atoms with Gasteiger partial charge in [0.15, 0.2) is 5.16 Å². The predicted molar refractivity (Wildman–Crippen MR) is 92.3 cm³/mol. The number of alkyl halides is 3. The number of rotatable bonds is 4. The zero-order valence-corrected chi connectivity index (χ0v) is 14.7.